The number of carbonyl (C=O) groups excluding carboxylic acids is 1. The summed E-state index contributed by atoms with van der Waals surface area (Å²) in [4.78, 5) is 11.7. The second-order valence-electron chi connectivity index (χ2n) is 3.63. The molecule has 0 spiro atoms. The molecule has 1 heterocycles. The molecular weight excluding hydrogens is 208 g/mol. The van der Waals surface area contributed by atoms with Gasteiger partial charge in [-0.15, -0.1) is 0 Å². The van der Waals surface area contributed by atoms with Gasteiger partial charge in [0.25, 0.3) is 0 Å². The molecule has 1 fully saturated rings. The van der Waals surface area contributed by atoms with E-state index in [9.17, 15) is 4.79 Å². The third kappa shape index (κ3) is 2.59. The van der Waals surface area contributed by atoms with E-state index in [0.29, 0.717) is 24.5 Å². The van der Waals surface area contributed by atoms with E-state index in [1.807, 2.05) is 0 Å². The first-order chi connectivity index (χ1) is 7.79. The SMILES string of the molecule is COc1cccc(C(=O)COC2COC2)c1. The molecule has 0 aromatic heterocycles. The zero-order valence-electron chi connectivity index (χ0n) is 9.14. The lowest BCUT2D eigenvalue weighted by Gasteiger charge is -2.25. The first-order valence-corrected chi connectivity index (χ1v) is 5.16. The minimum Gasteiger partial charge on any atom is -0.497 e. The van der Waals surface area contributed by atoms with Crippen LogP contribution in [0.25, 0.3) is 0 Å². The Morgan fingerprint density at radius 2 is 2.31 bits per heavy atom. The molecule has 0 radical (unpaired) electrons. The predicted octanol–water partition coefficient (Wildman–Crippen LogP) is 1.29. The van der Waals surface area contributed by atoms with Crippen LogP contribution >= 0.6 is 0 Å². The van der Waals surface area contributed by atoms with Gasteiger partial charge in [-0.3, -0.25) is 4.79 Å². The smallest absolute Gasteiger partial charge is 0.188 e. The van der Waals surface area contributed by atoms with E-state index in [-0.39, 0.29) is 18.5 Å². The van der Waals surface area contributed by atoms with Crippen molar-refractivity contribution in [3.63, 3.8) is 0 Å². The summed E-state index contributed by atoms with van der Waals surface area (Å²) in [6.45, 7) is 1.28. The highest BCUT2D eigenvalue weighted by Crippen LogP contribution is 2.14. The monoisotopic (exact) mass is 222 g/mol. The minimum atomic E-state index is -0.0363. The molecule has 1 aliphatic heterocycles. The van der Waals surface area contributed by atoms with Crippen molar-refractivity contribution in [2.45, 2.75) is 6.10 Å². The topological polar surface area (TPSA) is 44.8 Å². The number of methoxy groups -OCH3 is 1. The summed E-state index contributed by atoms with van der Waals surface area (Å²) in [5, 5.41) is 0. The Morgan fingerprint density at radius 1 is 1.50 bits per heavy atom. The molecule has 0 unspecified atom stereocenters. The number of ether oxygens (including phenoxy) is 3. The maximum Gasteiger partial charge on any atom is 0.188 e. The number of ketones is 1. The third-order valence-corrected chi connectivity index (χ3v) is 2.45. The van der Waals surface area contributed by atoms with Gasteiger partial charge in [-0.25, -0.2) is 0 Å². The number of carbonyl (C=O) groups is 1. The van der Waals surface area contributed by atoms with E-state index in [4.69, 9.17) is 14.2 Å². The van der Waals surface area contributed by atoms with Crippen molar-refractivity contribution in [1.82, 2.24) is 0 Å². The van der Waals surface area contributed by atoms with Crippen LogP contribution in [0.4, 0.5) is 0 Å². The van der Waals surface area contributed by atoms with Crippen LogP contribution in [0.15, 0.2) is 24.3 Å². The summed E-state index contributed by atoms with van der Waals surface area (Å²) >= 11 is 0. The lowest BCUT2D eigenvalue weighted by molar-refractivity contribution is -0.123. The maximum atomic E-state index is 11.7. The molecule has 1 aromatic carbocycles. The predicted molar refractivity (Wildman–Crippen MR) is 57.9 cm³/mol. The molecule has 0 aliphatic carbocycles. The van der Waals surface area contributed by atoms with Crippen LogP contribution < -0.4 is 4.74 Å². The summed E-state index contributed by atoms with van der Waals surface area (Å²) < 4.78 is 15.4. The molecule has 1 aromatic rings. The van der Waals surface area contributed by atoms with Crippen molar-refractivity contribution in [2.75, 3.05) is 26.9 Å². The molecule has 86 valence electrons. The number of hydrogen-bond acceptors (Lipinski definition) is 4. The normalized spacial score (nSPS) is 15.6. The van der Waals surface area contributed by atoms with Gasteiger partial charge in [-0.2, -0.15) is 0 Å². The van der Waals surface area contributed by atoms with Crippen LogP contribution in [0.2, 0.25) is 0 Å². The summed E-state index contributed by atoms with van der Waals surface area (Å²) in [5.41, 5.74) is 0.611. The van der Waals surface area contributed by atoms with E-state index >= 15 is 0 Å². The first kappa shape index (κ1) is 11.1. The van der Waals surface area contributed by atoms with Crippen LogP contribution in [0.1, 0.15) is 10.4 Å². The Bertz CT molecular complexity index is 371. The van der Waals surface area contributed by atoms with E-state index in [0.717, 1.165) is 0 Å². The van der Waals surface area contributed by atoms with Gasteiger partial charge in [0.2, 0.25) is 0 Å². The largest absolute Gasteiger partial charge is 0.497 e. The number of rotatable bonds is 5. The van der Waals surface area contributed by atoms with Crippen molar-refractivity contribution in [3.8, 4) is 5.75 Å². The summed E-state index contributed by atoms with van der Waals surface area (Å²) in [7, 11) is 1.58. The van der Waals surface area contributed by atoms with Crippen molar-refractivity contribution in [3.05, 3.63) is 29.8 Å². The number of hydrogen-bond donors (Lipinski definition) is 0. The third-order valence-electron chi connectivity index (χ3n) is 2.45. The Morgan fingerprint density at radius 3 is 2.94 bits per heavy atom. The molecule has 4 heteroatoms. The van der Waals surface area contributed by atoms with Gasteiger partial charge in [-0.1, -0.05) is 12.1 Å². The Labute approximate surface area is 94.1 Å². The molecule has 1 saturated heterocycles. The Hall–Kier alpha value is -1.39. The quantitative estimate of drug-likeness (QED) is 0.704. The fourth-order valence-corrected chi connectivity index (χ4v) is 1.38. The molecule has 0 atom stereocenters. The minimum absolute atomic E-state index is 0.0363. The molecule has 1 aliphatic rings. The van der Waals surface area contributed by atoms with Crippen LogP contribution in [0.5, 0.6) is 5.75 Å². The molecule has 4 nitrogen and oxygen atoms in total. The Balaban J connectivity index is 1.91. The van der Waals surface area contributed by atoms with Crippen LogP contribution in [0, 0.1) is 0 Å². The average molecular weight is 222 g/mol. The molecule has 2 rings (SSSR count). The van der Waals surface area contributed by atoms with E-state index < -0.39 is 0 Å². The zero-order valence-corrected chi connectivity index (χ0v) is 9.14. The molecule has 0 saturated carbocycles. The summed E-state index contributed by atoms with van der Waals surface area (Å²) in [6.07, 6.45) is 0.0783. The van der Waals surface area contributed by atoms with Gasteiger partial charge in [0.1, 0.15) is 18.5 Å². The molecule has 0 amide bonds. The van der Waals surface area contributed by atoms with Crippen molar-refractivity contribution >= 4 is 5.78 Å². The van der Waals surface area contributed by atoms with Crippen LogP contribution in [0.3, 0.4) is 0 Å². The molecule has 16 heavy (non-hydrogen) atoms. The zero-order chi connectivity index (χ0) is 11.4. The van der Waals surface area contributed by atoms with Crippen molar-refractivity contribution < 1.29 is 19.0 Å². The summed E-state index contributed by atoms with van der Waals surface area (Å²) in [5.74, 6) is 0.642. The van der Waals surface area contributed by atoms with E-state index in [1.54, 1.807) is 31.4 Å². The first-order valence-electron chi connectivity index (χ1n) is 5.16. The van der Waals surface area contributed by atoms with Crippen molar-refractivity contribution in [1.29, 1.82) is 0 Å². The van der Waals surface area contributed by atoms with E-state index in [2.05, 4.69) is 0 Å². The summed E-state index contributed by atoms with van der Waals surface area (Å²) in [6, 6.07) is 7.06. The molecular formula is C12H14O4. The van der Waals surface area contributed by atoms with Gasteiger partial charge in [0, 0.05) is 5.56 Å². The molecule has 0 N–H and O–H groups in total. The van der Waals surface area contributed by atoms with Crippen molar-refractivity contribution in [2.24, 2.45) is 0 Å². The van der Waals surface area contributed by atoms with Gasteiger partial charge in [-0.05, 0) is 12.1 Å². The van der Waals surface area contributed by atoms with Gasteiger partial charge in [0.05, 0.1) is 20.3 Å². The maximum absolute atomic E-state index is 11.7. The fraction of sp³-hybridized carbons (Fsp3) is 0.417. The number of Topliss-reactive ketones (excluding diaryl/α,β-unsaturated/α-hetero) is 1. The Kier molecular flexibility index (Phi) is 3.54. The fourth-order valence-electron chi connectivity index (χ4n) is 1.38. The lowest BCUT2D eigenvalue weighted by atomic mass is 10.1. The van der Waals surface area contributed by atoms with Crippen LogP contribution in [-0.4, -0.2) is 38.8 Å². The average Bonchev–Trinajstić information content (AvgIpc) is 2.27. The van der Waals surface area contributed by atoms with Gasteiger partial charge < -0.3 is 14.2 Å². The van der Waals surface area contributed by atoms with E-state index in [1.165, 1.54) is 0 Å². The van der Waals surface area contributed by atoms with Gasteiger partial charge >= 0.3 is 0 Å². The highest BCUT2D eigenvalue weighted by molar-refractivity contribution is 5.97. The lowest BCUT2D eigenvalue weighted by Crippen LogP contribution is -2.37. The molecule has 0 bridgehead atoms. The van der Waals surface area contributed by atoms with Crippen LogP contribution in [-0.2, 0) is 9.47 Å². The highest BCUT2D eigenvalue weighted by Gasteiger charge is 2.20. The van der Waals surface area contributed by atoms with Gasteiger partial charge in [0.15, 0.2) is 5.78 Å². The highest BCUT2D eigenvalue weighted by atomic mass is 16.6. The second-order valence-corrected chi connectivity index (χ2v) is 3.63. The second kappa shape index (κ2) is 5.09. The number of benzene rings is 1. The standard InChI is InChI=1S/C12H14O4/c1-14-10-4-2-3-9(5-10)12(13)8-16-11-6-15-7-11/h2-5,11H,6-8H2,1H3.